The van der Waals surface area contributed by atoms with Gasteiger partial charge in [0.2, 0.25) is 0 Å². The van der Waals surface area contributed by atoms with Gasteiger partial charge in [-0.15, -0.1) is 0 Å². The standard InChI is InChI=1S/C11H9F5O/c12-10(13)5-9(10,6-17)7-1-3-8(4-2-7)11(14,15)16/h1-4,17H,5-6H2. The van der Waals surface area contributed by atoms with E-state index in [9.17, 15) is 22.0 Å². The molecule has 1 aliphatic rings. The molecule has 1 aromatic rings. The Kier molecular flexibility index (Phi) is 2.47. The van der Waals surface area contributed by atoms with E-state index in [1.165, 1.54) is 0 Å². The molecule has 6 heteroatoms. The minimum Gasteiger partial charge on any atom is -0.395 e. The molecular weight excluding hydrogens is 243 g/mol. The predicted molar refractivity (Wildman–Crippen MR) is 49.8 cm³/mol. The Morgan fingerprint density at radius 3 is 1.88 bits per heavy atom. The summed E-state index contributed by atoms with van der Waals surface area (Å²) in [5.41, 5.74) is -2.55. The molecule has 1 saturated carbocycles. The van der Waals surface area contributed by atoms with Crippen LogP contribution in [0.4, 0.5) is 22.0 Å². The first kappa shape index (κ1) is 12.3. The van der Waals surface area contributed by atoms with Crippen LogP contribution in [0.5, 0.6) is 0 Å². The zero-order valence-electron chi connectivity index (χ0n) is 8.56. The molecular formula is C11H9F5O. The van der Waals surface area contributed by atoms with Crippen molar-refractivity contribution in [3.05, 3.63) is 35.4 Å². The van der Waals surface area contributed by atoms with E-state index in [1.54, 1.807) is 0 Å². The highest BCUT2D eigenvalue weighted by molar-refractivity contribution is 5.39. The van der Waals surface area contributed by atoms with E-state index in [-0.39, 0.29) is 5.56 Å². The lowest BCUT2D eigenvalue weighted by Gasteiger charge is -2.14. The van der Waals surface area contributed by atoms with Gasteiger partial charge in [0, 0.05) is 6.42 Å². The molecule has 1 N–H and O–H groups in total. The quantitative estimate of drug-likeness (QED) is 0.802. The highest BCUT2D eigenvalue weighted by atomic mass is 19.4. The third kappa shape index (κ3) is 1.80. The van der Waals surface area contributed by atoms with Crippen LogP contribution >= 0.6 is 0 Å². The fourth-order valence-electron chi connectivity index (χ4n) is 1.89. The molecule has 17 heavy (non-hydrogen) atoms. The van der Waals surface area contributed by atoms with Crippen molar-refractivity contribution in [2.45, 2.75) is 23.9 Å². The van der Waals surface area contributed by atoms with Crippen LogP contribution in [-0.2, 0) is 11.6 Å². The van der Waals surface area contributed by atoms with E-state index >= 15 is 0 Å². The van der Waals surface area contributed by atoms with E-state index < -0.39 is 36.1 Å². The largest absolute Gasteiger partial charge is 0.416 e. The molecule has 1 aliphatic carbocycles. The van der Waals surface area contributed by atoms with Crippen LogP contribution in [0.15, 0.2) is 24.3 Å². The molecule has 0 saturated heterocycles. The Hall–Kier alpha value is -1.17. The number of alkyl halides is 5. The number of hydrogen-bond acceptors (Lipinski definition) is 1. The second-order valence-corrected chi connectivity index (χ2v) is 4.20. The summed E-state index contributed by atoms with van der Waals surface area (Å²) >= 11 is 0. The highest BCUT2D eigenvalue weighted by Crippen LogP contribution is 2.61. The molecule has 0 aromatic heterocycles. The normalized spacial score (nSPS) is 26.9. The maximum absolute atomic E-state index is 13.1. The monoisotopic (exact) mass is 252 g/mol. The molecule has 1 unspecified atom stereocenters. The van der Waals surface area contributed by atoms with Gasteiger partial charge in [0.25, 0.3) is 5.92 Å². The van der Waals surface area contributed by atoms with Crippen molar-refractivity contribution >= 4 is 0 Å². The van der Waals surface area contributed by atoms with E-state index in [0.29, 0.717) is 0 Å². The van der Waals surface area contributed by atoms with Crippen molar-refractivity contribution < 1.29 is 27.1 Å². The van der Waals surface area contributed by atoms with Crippen LogP contribution < -0.4 is 0 Å². The third-order valence-corrected chi connectivity index (χ3v) is 3.13. The second-order valence-electron chi connectivity index (χ2n) is 4.20. The molecule has 0 amide bonds. The van der Waals surface area contributed by atoms with Gasteiger partial charge in [0.1, 0.15) is 0 Å². The number of aliphatic hydroxyl groups is 1. The van der Waals surface area contributed by atoms with Gasteiger partial charge >= 0.3 is 6.18 Å². The summed E-state index contributed by atoms with van der Waals surface area (Å²) in [6.45, 7) is -0.772. The molecule has 1 aromatic carbocycles. The average Bonchev–Trinajstić information content (AvgIpc) is 2.81. The molecule has 0 heterocycles. The van der Waals surface area contributed by atoms with Crippen LogP contribution in [0, 0.1) is 0 Å². The maximum Gasteiger partial charge on any atom is 0.416 e. The van der Waals surface area contributed by atoms with Crippen molar-refractivity contribution in [2.75, 3.05) is 6.61 Å². The minimum absolute atomic E-state index is 0.0398. The molecule has 94 valence electrons. The molecule has 2 rings (SSSR count). The summed E-state index contributed by atoms with van der Waals surface area (Å²) in [4.78, 5) is 0. The minimum atomic E-state index is -4.49. The zero-order chi connectivity index (χ0) is 12.9. The van der Waals surface area contributed by atoms with Crippen molar-refractivity contribution in [1.82, 2.24) is 0 Å². The Bertz CT molecular complexity index is 422. The smallest absolute Gasteiger partial charge is 0.395 e. The van der Waals surface area contributed by atoms with Crippen molar-refractivity contribution in [3.63, 3.8) is 0 Å². The number of rotatable bonds is 2. The van der Waals surface area contributed by atoms with Gasteiger partial charge in [-0.05, 0) is 17.7 Å². The first-order chi connectivity index (χ1) is 7.73. The molecule has 1 nitrogen and oxygen atoms in total. The lowest BCUT2D eigenvalue weighted by atomic mass is 9.95. The van der Waals surface area contributed by atoms with Crippen LogP contribution in [0.1, 0.15) is 17.5 Å². The summed E-state index contributed by atoms with van der Waals surface area (Å²) in [6, 6.07) is 3.50. The Balaban J connectivity index is 2.31. The van der Waals surface area contributed by atoms with Gasteiger partial charge in [0.15, 0.2) is 0 Å². The van der Waals surface area contributed by atoms with Gasteiger partial charge in [-0.1, -0.05) is 12.1 Å². The first-order valence-electron chi connectivity index (χ1n) is 4.89. The van der Waals surface area contributed by atoms with Crippen molar-refractivity contribution in [1.29, 1.82) is 0 Å². The predicted octanol–water partition coefficient (Wildman–Crippen LogP) is 2.97. The summed E-state index contributed by atoms with van der Waals surface area (Å²) in [7, 11) is 0. The summed E-state index contributed by atoms with van der Waals surface area (Å²) in [6.07, 6.45) is -5.02. The Morgan fingerprint density at radius 2 is 1.59 bits per heavy atom. The second kappa shape index (κ2) is 3.41. The molecule has 0 radical (unpaired) electrons. The van der Waals surface area contributed by atoms with E-state index in [2.05, 4.69) is 0 Å². The number of halogens is 5. The summed E-state index contributed by atoms with van der Waals surface area (Å²) in [5, 5.41) is 8.97. The maximum atomic E-state index is 13.1. The van der Waals surface area contributed by atoms with E-state index in [4.69, 9.17) is 5.11 Å². The molecule has 0 bridgehead atoms. The summed E-state index contributed by atoms with van der Waals surface area (Å²) < 4.78 is 63.0. The van der Waals surface area contributed by atoms with Gasteiger partial charge < -0.3 is 5.11 Å². The SMILES string of the molecule is OCC1(c2ccc(C(F)(F)F)cc2)CC1(F)F. The van der Waals surface area contributed by atoms with Crippen LogP contribution in [-0.4, -0.2) is 17.6 Å². The topological polar surface area (TPSA) is 20.2 Å². The lowest BCUT2D eigenvalue weighted by molar-refractivity contribution is -0.137. The summed E-state index contributed by atoms with van der Waals surface area (Å²) in [5.74, 6) is -3.04. The molecule has 1 fully saturated rings. The molecule has 0 aliphatic heterocycles. The Morgan fingerprint density at radius 1 is 1.12 bits per heavy atom. The third-order valence-electron chi connectivity index (χ3n) is 3.13. The highest BCUT2D eigenvalue weighted by Gasteiger charge is 2.71. The zero-order valence-corrected chi connectivity index (χ0v) is 8.56. The number of aliphatic hydroxyl groups excluding tert-OH is 1. The van der Waals surface area contributed by atoms with Crippen molar-refractivity contribution in [3.8, 4) is 0 Å². The van der Waals surface area contributed by atoms with Crippen LogP contribution in [0.25, 0.3) is 0 Å². The van der Waals surface area contributed by atoms with Crippen molar-refractivity contribution in [2.24, 2.45) is 0 Å². The molecule has 1 atom stereocenters. The number of hydrogen-bond donors (Lipinski definition) is 1. The lowest BCUT2D eigenvalue weighted by Crippen LogP contribution is -2.21. The van der Waals surface area contributed by atoms with Gasteiger partial charge in [0.05, 0.1) is 17.6 Å². The number of benzene rings is 1. The first-order valence-corrected chi connectivity index (χ1v) is 4.89. The van der Waals surface area contributed by atoms with Gasteiger partial charge in [-0.3, -0.25) is 0 Å². The van der Waals surface area contributed by atoms with E-state index in [1.807, 2.05) is 0 Å². The van der Waals surface area contributed by atoms with Gasteiger partial charge in [-0.2, -0.15) is 13.2 Å². The van der Waals surface area contributed by atoms with Gasteiger partial charge in [-0.25, -0.2) is 8.78 Å². The molecule has 0 spiro atoms. The van der Waals surface area contributed by atoms with Crippen LogP contribution in [0.2, 0.25) is 0 Å². The average molecular weight is 252 g/mol. The van der Waals surface area contributed by atoms with Crippen LogP contribution in [0.3, 0.4) is 0 Å². The van der Waals surface area contributed by atoms with E-state index in [0.717, 1.165) is 24.3 Å². The Labute approximate surface area is 93.9 Å². The fraction of sp³-hybridized carbons (Fsp3) is 0.455. The fourth-order valence-corrected chi connectivity index (χ4v) is 1.89.